The fourth-order valence-corrected chi connectivity index (χ4v) is 1.93. The first-order valence-corrected chi connectivity index (χ1v) is 6.77. The molecule has 1 saturated heterocycles. The Kier molecular flexibility index (Phi) is 4.29. The molecule has 1 rings (SSSR count). The number of aliphatic carboxylic acids is 1. The van der Waals surface area contributed by atoms with Crippen molar-refractivity contribution in [3.8, 4) is 0 Å². The molecule has 0 aromatic carbocycles. The van der Waals surface area contributed by atoms with Crippen LogP contribution in [-0.4, -0.2) is 55.8 Å². The first-order chi connectivity index (χ1) is 7.79. The zero-order valence-electron chi connectivity index (χ0n) is 9.13. The van der Waals surface area contributed by atoms with E-state index in [1.807, 2.05) is 0 Å². The third-order valence-electron chi connectivity index (χ3n) is 2.40. The largest absolute Gasteiger partial charge is 0.481 e. The second kappa shape index (κ2) is 5.32. The third kappa shape index (κ3) is 4.57. The molecule has 9 heteroatoms. The lowest BCUT2D eigenvalue weighted by molar-refractivity contribution is -0.146. The van der Waals surface area contributed by atoms with Crippen LogP contribution in [0.2, 0.25) is 0 Å². The standard InChI is InChI=1S/C8H15N3O5S/c9-17(15,16)3-1-2-10-8(14)11-4-6(5-11)7(12)13/h6H,1-5H2,(H,10,14)(H,12,13)(H2,9,15,16). The first kappa shape index (κ1) is 13.7. The van der Waals surface area contributed by atoms with Gasteiger partial charge in [0.25, 0.3) is 0 Å². The highest BCUT2D eigenvalue weighted by atomic mass is 32.2. The number of nitrogens with one attached hydrogen (secondary N) is 1. The summed E-state index contributed by atoms with van der Waals surface area (Å²) in [5.41, 5.74) is 0. The minimum Gasteiger partial charge on any atom is -0.481 e. The van der Waals surface area contributed by atoms with Crippen LogP contribution in [0.15, 0.2) is 0 Å². The van der Waals surface area contributed by atoms with Crippen molar-refractivity contribution in [2.24, 2.45) is 11.1 Å². The molecule has 1 fully saturated rings. The molecule has 0 spiro atoms. The maximum absolute atomic E-state index is 11.4. The lowest BCUT2D eigenvalue weighted by Crippen LogP contribution is -2.56. The number of sulfonamides is 1. The second-order valence-electron chi connectivity index (χ2n) is 3.89. The number of primary sulfonamides is 1. The number of carboxylic acids is 1. The van der Waals surface area contributed by atoms with Crippen LogP contribution in [-0.2, 0) is 14.8 Å². The number of likely N-dealkylation sites (tertiary alicyclic amines) is 1. The van der Waals surface area contributed by atoms with Gasteiger partial charge in [0, 0.05) is 19.6 Å². The van der Waals surface area contributed by atoms with Gasteiger partial charge in [-0.1, -0.05) is 0 Å². The molecule has 0 radical (unpaired) electrons. The smallest absolute Gasteiger partial charge is 0.317 e. The van der Waals surface area contributed by atoms with E-state index in [1.165, 1.54) is 4.90 Å². The van der Waals surface area contributed by atoms with E-state index < -0.39 is 21.9 Å². The predicted octanol–water partition coefficient (Wildman–Crippen LogP) is -1.61. The highest BCUT2D eigenvalue weighted by molar-refractivity contribution is 7.89. The Hall–Kier alpha value is -1.35. The molecule has 0 unspecified atom stereocenters. The van der Waals surface area contributed by atoms with Crippen LogP contribution in [0.25, 0.3) is 0 Å². The van der Waals surface area contributed by atoms with Crippen molar-refractivity contribution in [2.45, 2.75) is 6.42 Å². The summed E-state index contributed by atoms with van der Waals surface area (Å²) in [5, 5.41) is 15.9. The van der Waals surface area contributed by atoms with Gasteiger partial charge >= 0.3 is 12.0 Å². The van der Waals surface area contributed by atoms with Crippen LogP contribution in [0, 0.1) is 5.92 Å². The van der Waals surface area contributed by atoms with E-state index in [1.54, 1.807) is 0 Å². The predicted molar refractivity (Wildman–Crippen MR) is 58.7 cm³/mol. The van der Waals surface area contributed by atoms with Crippen molar-refractivity contribution in [1.29, 1.82) is 0 Å². The highest BCUT2D eigenvalue weighted by Crippen LogP contribution is 2.14. The molecule has 8 nitrogen and oxygen atoms in total. The van der Waals surface area contributed by atoms with Crippen LogP contribution in [0.4, 0.5) is 4.79 Å². The average Bonchev–Trinajstić information content (AvgIpc) is 2.07. The van der Waals surface area contributed by atoms with Crippen LogP contribution in [0.5, 0.6) is 0 Å². The zero-order valence-corrected chi connectivity index (χ0v) is 9.94. The summed E-state index contributed by atoms with van der Waals surface area (Å²) in [6.45, 7) is 0.580. The number of hydrogen-bond acceptors (Lipinski definition) is 4. The van der Waals surface area contributed by atoms with E-state index in [2.05, 4.69) is 5.32 Å². The van der Waals surface area contributed by atoms with Gasteiger partial charge in [0.2, 0.25) is 10.0 Å². The molecule has 0 atom stereocenters. The average molecular weight is 265 g/mol. The monoisotopic (exact) mass is 265 g/mol. The van der Waals surface area contributed by atoms with Gasteiger partial charge in [0.05, 0.1) is 11.7 Å². The summed E-state index contributed by atoms with van der Waals surface area (Å²) in [6.07, 6.45) is 0.237. The normalized spacial score (nSPS) is 16.4. The van der Waals surface area contributed by atoms with E-state index in [4.69, 9.17) is 10.2 Å². The Morgan fingerprint density at radius 2 is 2.00 bits per heavy atom. The molecule has 2 amide bonds. The molecule has 0 saturated carbocycles. The Balaban J connectivity index is 2.13. The number of urea groups is 1. The van der Waals surface area contributed by atoms with Crippen molar-refractivity contribution in [3.63, 3.8) is 0 Å². The Labute approximate surface area is 98.8 Å². The van der Waals surface area contributed by atoms with Crippen LogP contribution in [0.3, 0.4) is 0 Å². The SMILES string of the molecule is NS(=O)(=O)CCCNC(=O)N1CC(C(=O)O)C1. The summed E-state index contributed by atoms with van der Waals surface area (Å²) in [4.78, 5) is 23.2. The van der Waals surface area contributed by atoms with Crippen molar-refractivity contribution >= 4 is 22.0 Å². The van der Waals surface area contributed by atoms with Crippen molar-refractivity contribution < 1.29 is 23.1 Å². The molecule has 0 bridgehead atoms. The maximum Gasteiger partial charge on any atom is 0.317 e. The number of nitrogens with two attached hydrogens (primary N) is 1. The molecule has 4 N–H and O–H groups in total. The fourth-order valence-electron chi connectivity index (χ4n) is 1.38. The lowest BCUT2D eigenvalue weighted by Gasteiger charge is -2.36. The molecule has 0 aromatic rings. The number of nitrogens with zero attached hydrogens (tertiary/aromatic N) is 1. The summed E-state index contributed by atoms with van der Waals surface area (Å²) < 4.78 is 21.2. The van der Waals surface area contributed by atoms with Gasteiger partial charge in [-0.2, -0.15) is 0 Å². The van der Waals surface area contributed by atoms with E-state index in [-0.39, 0.29) is 37.8 Å². The van der Waals surface area contributed by atoms with E-state index in [0.29, 0.717) is 0 Å². The van der Waals surface area contributed by atoms with Crippen LogP contribution in [0.1, 0.15) is 6.42 Å². The zero-order chi connectivity index (χ0) is 13.1. The molecular formula is C8H15N3O5S. The number of amides is 2. The molecule has 0 aromatic heterocycles. The number of carbonyl (C=O) groups is 2. The van der Waals surface area contributed by atoms with Crippen molar-refractivity contribution in [1.82, 2.24) is 10.2 Å². The summed E-state index contributed by atoms with van der Waals surface area (Å²) in [5.74, 6) is -1.60. The molecule has 98 valence electrons. The molecule has 1 aliphatic rings. The quantitative estimate of drug-likeness (QED) is 0.515. The second-order valence-corrected chi connectivity index (χ2v) is 5.63. The van der Waals surface area contributed by atoms with Gasteiger partial charge < -0.3 is 15.3 Å². The van der Waals surface area contributed by atoms with Crippen molar-refractivity contribution in [2.75, 3.05) is 25.4 Å². The number of hydrogen-bond donors (Lipinski definition) is 3. The van der Waals surface area contributed by atoms with Crippen LogP contribution < -0.4 is 10.5 Å². The number of carboxylic acid groups (broad SMARTS) is 1. The van der Waals surface area contributed by atoms with E-state index in [0.717, 1.165) is 0 Å². The molecule has 17 heavy (non-hydrogen) atoms. The molecule has 0 aliphatic carbocycles. The van der Waals surface area contributed by atoms with Gasteiger partial charge in [0.1, 0.15) is 0 Å². The summed E-state index contributed by atoms with van der Waals surface area (Å²) >= 11 is 0. The van der Waals surface area contributed by atoms with Gasteiger partial charge in [-0.15, -0.1) is 0 Å². The van der Waals surface area contributed by atoms with E-state index >= 15 is 0 Å². The molecule has 1 aliphatic heterocycles. The number of carbonyl (C=O) groups excluding carboxylic acids is 1. The van der Waals surface area contributed by atoms with Crippen LogP contribution >= 0.6 is 0 Å². The fraction of sp³-hybridized carbons (Fsp3) is 0.750. The van der Waals surface area contributed by atoms with Gasteiger partial charge in [-0.25, -0.2) is 18.4 Å². The number of rotatable bonds is 5. The summed E-state index contributed by atoms with van der Waals surface area (Å²) in [7, 11) is -3.50. The maximum atomic E-state index is 11.4. The minimum absolute atomic E-state index is 0.189. The van der Waals surface area contributed by atoms with E-state index in [9.17, 15) is 18.0 Å². The van der Waals surface area contributed by atoms with Gasteiger partial charge in [-0.3, -0.25) is 4.79 Å². The van der Waals surface area contributed by atoms with Crippen molar-refractivity contribution in [3.05, 3.63) is 0 Å². The summed E-state index contributed by atoms with van der Waals surface area (Å²) in [6, 6.07) is -0.378. The Bertz CT molecular complexity index is 401. The lowest BCUT2D eigenvalue weighted by atomic mass is 10.0. The third-order valence-corrected chi connectivity index (χ3v) is 3.26. The molecule has 1 heterocycles. The topological polar surface area (TPSA) is 130 Å². The highest BCUT2D eigenvalue weighted by Gasteiger charge is 2.35. The Morgan fingerprint density at radius 1 is 1.41 bits per heavy atom. The van der Waals surface area contributed by atoms with Gasteiger partial charge in [-0.05, 0) is 6.42 Å². The Morgan fingerprint density at radius 3 is 2.47 bits per heavy atom. The molecular weight excluding hydrogens is 250 g/mol. The first-order valence-electron chi connectivity index (χ1n) is 5.05. The minimum atomic E-state index is -3.50. The van der Waals surface area contributed by atoms with Gasteiger partial charge in [0.15, 0.2) is 0 Å².